The summed E-state index contributed by atoms with van der Waals surface area (Å²) >= 11 is 0. The molecule has 0 saturated heterocycles. The Bertz CT molecular complexity index is 259. The summed E-state index contributed by atoms with van der Waals surface area (Å²) in [5, 5.41) is 10.5. The van der Waals surface area contributed by atoms with E-state index in [1.54, 1.807) is 0 Å². The number of hydrogen-bond acceptors (Lipinski definition) is 1. The van der Waals surface area contributed by atoms with Crippen molar-refractivity contribution in [3.8, 4) is 0 Å². The van der Waals surface area contributed by atoms with Crippen molar-refractivity contribution in [3.63, 3.8) is 0 Å². The van der Waals surface area contributed by atoms with Crippen LogP contribution in [0.5, 0.6) is 0 Å². The molecular weight excluding hydrogens is 184 g/mol. The van der Waals surface area contributed by atoms with Crippen LogP contribution in [0.25, 0.3) is 0 Å². The van der Waals surface area contributed by atoms with Crippen molar-refractivity contribution in [2.75, 3.05) is 0 Å². The summed E-state index contributed by atoms with van der Waals surface area (Å²) in [4.78, 5) is 0. The van der Waals surface area contributed by atoms with E-state index >= 15 is 0 Å². The van der Waals surface area contributed by atoms with Gasteiger partial charge in [-0.25, -0.2) is 0 Å². The zero-order valence-corrected chi connectivity index (χ0v) is 11.0. The molecule has 0 bridgehead atoms. The smallest absolute Gasteiger partial charge is 0.0831 e. The zero-order chi connectivity index (χ0) is 11.7. The van der Waals surface area contributed by atoms with Gasteiger partial charge in [0.05, 0.1) is 5.60 Å². The molecule has 0 aromatic heterocycles. The molecule has 1 atom stereocenters. The van der Waals surface area contributed by atoms with Gasteiger partial charge < -0.3 is 5.11 Å². The average Bonchev–Trinajstić information content (AvgIpc) is 2.40. The van der Waals surface area contributed by atoms with Crippen molar-refractivity contribution in [1.82, 2.24) is 0 Å². The fraction of sp³-hybridized carbons (Fsp3) is 0.857. The van der Waals surface area contributed by atoms with Crippen LogP contribution in [-0.4, -0.2) is 10.7 Å². The van der Waals surface area contributed by atoms with E-state index in [1.165, 1.54) is 17.6 Å². The Labute approximate surface area is 94.6 Å². The van der Waals surface area contributed by atoms with E-state index in [0.29, 0.717) is 5.41 Å². The molecule has 0 aliphatic heterocycles. The highest BCUT2D eigenvalue weighted by molar-refractivity contribution is 5.31. The predicted molar refractivity (Wildman–Crippen MR) is 65.9 cm³/mol. The predicted octanol–water partition coefficient (Wildman–Crippen LogP) is 4.06. The van der Waals surface area contributed by atoms with E-state index in [2.05, 4.69) is 27.7 Å². The van der Waals surface area contributed by atoms with Gasteiger partial charge in [-0.1, -0.05) is 39.2 Å². The highest BCUT2D eigenvalue weighted by atomic mass is 16.3. The normalized spacial score (nSPS) is 24.4. The Hall–Kier alpha value is -0.300. The lowest BCUT2D eigenvalue weighted by Crippen LogP contribution is -2.27. The first-order chi connectivity index (χ1) is 6.81. The summed E-state index contributed by atoms with van der Waals surface area (Å²) < 4.78 is 0. The molecule has 88 valence electrons. The van der Waals surface area contributed by atoms with Crippen molar-refractivity contribution in [3.05, 3.63) is 11.1 Å². The van der Waals surface area contributed by atoms with E-state index < -0.39 is 5.60 Å². The van der Waals surface area contributed by atoms with Gasteiger partial charge in [0, 0.05) is 0 Å². The van der Waals surface area contributed by atoms with Gasteiger partial charge in [0.25, 0.3) is 0 Å². The van der Waals surface area contributed by atoms with Gasteiger partial charge in [0.1, 0.15) is 0 Å². The fourth-order valence-corrected chi connectivity index (χ4v) is 2.57. The zero-order valence-electron chi connectivity index (χ0n) is 11.0. The number of unbranched alkanes of at least 4 members (excludes halogenated alkanes) is 1. The first-order valence-electron chi connectivity index (χ1n) is 6.24. The maximum atomic E-state index is 10.5. The van der Waals surface area contributed by atoms with Gasteiger partial charge in [-0.3, -0.25) is 0 Å². The molecule has 0 heterocycles. The molecule has 15 heavy (non-hydrogen) atoms. The minimum Gasteiger partial charge on any atom is -0.386 e. The van der Waals surface area contributed by atoms with Crippen LogP contribution in [0.15, 0.2) is 11.1 Å². The highest BCUT2D eigenvalue weighted by Gasteiger charge is 2.37. The Morgan fingerprint density at radius 3 is 2.40 bits per heavy atom. The molecule has 0 aromatic rings. The quantitative estimate of drug-likeness (QED) is 0.694. The third kappa shape index (κ3) is 2.63. The van der Waals surface area contributed by atoms with Crippen LogP contribution in [0.1, 0.15) is 66.7 Å². The summed E-state index contributed by atoms with van der Waals surface area (Å²) in [5.41, 5.74) is 2.46. The monoisotopic (exact) mass is 210 g/mol. The van der Waals surface area contributed by atoms with E-state index in [1.807, 2.05) is 6.92 Å². The number of rotatable bonds is 4. The van der Waals surface area contributed by atoms with Crippen LogP contribution < -0.4 is 0 Å². The molecule has 0 amide bonds. The third-order valence-electron chi connectivity index (χ3n) is 4.14. The van der Waals surface area contributed by atoms with E-state index in [0.717, 1.165) is 25.7 Å². The maximum Gasteiger partial charge on any atom is 0.0831 e. The van der Waals surface area contributed by atoms with Crippen LogP contribution in [0.3, 0.4) is 0 Å². The van der Waals surface area contributed by atoms with Gasteiger partial charge in [-0.15, -0.1) is 0 Å². The molecule has 1 aliphatic rings. The van der Waals surface area contributed by atoms with Crippen molar-refractivity contribution in [2.45, 2.75) is 72.3 Å². The maximum absolute atomic E-state index is 10.5. The fourth-order valence-electron chi connectivity index (χ4n) is 2.57. The number of allylic oxidation sites excluding steroid dienone is 1. The molecule has 0 saturated carbocycles. The molecule has 0 fully saturated rings. The van der Waals surface area contributed by atoms with Crippen molar-refractivity contribution in [1.29, 1.82) is 0 Å². The average molecular weight is 210 g/mol. The SMILES string of the molecule is CCCCC(C)(O)C1=C(C)C(C)(C)CC1. The molecular formula is C14H26O. The number of hydrogen-bond donors (Lipinski definition) is 1. The summed E-state index contributed by atoms with van der Waals surface area (Å²) in [6, 6.07) is 0. The first kappa shape index (κ1) is 12.8. The Morgan fingerprint density at radius 1 is 1.40 bits per heavy atom. The van der Waals surface area contributed by atoms with Crippen LogP contribution in [0.2, 0.25) is 0 Å². The second kappa shape index (κ2) is 4.29. The Kier molecular flexibility index (Phi) is 3.65. The Morgan fingerprint density at radius 2 is 2.00 bits per heavy atom. The molecule has 1 unspecified atom stereocenters. The molecule has 1 rings (SSSR count). The van der Waals surface area contributed by atoms with E-state index in [-0.39, 0.29) is 0 Å². The van der Waals surface area contributed by atoms with Gasteiger partial charge in [-0.05, 0) is 44.1 Å². The molecule has 1 N–H and O–H groups in total. The van der Waals surface area contributed by atoms with Gasteiger partial charge in [0.15, 0.2) is 0 Å². The first-order valence-corrected chi connectivity index (χ1v) is 6.24. The summed E-state index contributed by atoms with van der Waals surface area (Å²) in [7, 11) is 0. The minimum absolute atomic E-state index is 0.297. The molecule has 0 spiro atoms. The van der Waals surface area contributed by atoms with Gasteiger partial charge >= 0.3 is 0 Å². The van der Waals surface area contributed by atoms with Crippen molar-refractivity contribution < 1.29 is 5.11 Å². The molecule has 1 heteroatoms. The van der Waals surface area contributed by atoms with Gasteiger partial charge in [-0.2, -0.15) is 0 Å². The van der Waals surface area contributed by atoms with Gasteiger partial charge in [0.2, 0.25) is 0 Å². The van der Waals surface area contributed by atoms with Crippen LogP contribution in [0, 0.1) is 5.41 Å². The van der Waals surface area contributed by atoms with Crippen LogP contribution in [0.4, 0.5) is 0 Å². The lowest BCUT2D eigenvalue weighted by atomic mass is 9.83. The largest absolute Gasteiger partial charge is 0.386 e. The molecule has 1 nitrogen and oxygen atoms in total. The summed E-state index contributed by atoms with van der Waals surface area (Å²) in [5.74, 6) is 0. The second-order valence-electron chi connectivity index (χ2n) is 5.86. The van der Waals surface area contributed by atoms with E-state index in [4.69, 9.17) is 0 Å². The second-order valence-corrected chi connectivity index (χ2v) is 5.86. The summed E-state index contributed by atoms with van der Waals surface area (Å²) in [6.45, 7) is 10.9. The Balaban J connectivity index is 2.84. The van der Waals surface area contributed by atoms with Crippen LogP contribution >= 0.6 is 0 Å². The van der Waals surface area contributed by atoms with Crippen molar-refractivity contribution in [2.24, 2.45) is 5.41 Å². The van der Waals surface area contributed by atoms with Crippen LogP contribution in [-0.2, 0) is 0 Å². The minimum atomic E-state index is -0.562. The third-order valence-corrected chi connectivity index (χ3v) is 4.14. The molecule has 1 aliphatic carbocycles. The summed E-state index contributed by atoms with van der Waals surface area (Å²) in [6.07, 6.45) is 5.45. The van der Waals surface area contributed by atoms with E-state index in [9.17, 15) is 5.11 Å². The standard InChI is InChI=1S/C14H26O/c1-6-7-9-14(5,15)12-8-10-13(3,4)11(12)2/h15H,6-10H2,1-5H3. The lowest BCUT2D eigenvalue weighted by Gasteiger charge is -2.27. The lowest BCUT2D eigenvalue weighted by molar-refractivity contribution is 0.0832. The molecule has 0 aromatic carbocycles. The van der Waals surface area contributed by atoms with Crippen molar-refractivity contribution >= 4 is 0 Å². The molecule has 0 radical (unpaired) electrons. The number of aliphatic hydroxyl groups is 1. The topological polar surface area (TPSA) is 20.2 Å². The highest BCUT2D eigenvalue weighted by Crippen LogP contribution is 2.46.